The lowest BCUT2D eigenvalue weighted by Crippen LogP contribution is -2.38. The zero-order valence-electron chi connectivity index (χ0n) is 12.7. The van der Waals surface area contributed by atoms with Crippen LogP contribution in [0, 0.1) is 0 Å². The van der Waals surface area contributed by atoms with Crippen molar-refractivity contribution >= 4 is 10.8 Å². The Labute approximate surface area is 121 Å². The Kier molecular flexibility index (Phi) is 5.10. The van der Waals surface area contributed by atoms with E-state index in [9.17, 15) is 0 Å². The van der Waals surface area contributed by atoms with Gasteiger partial charge in [0.05, 0.1) is 0 Å². The Balaban J connectivity index is 2.44. The highest BCUT2D eigenvalue weighted by atomic mass is 15.2. The lowest BCUT2D eigenvalue weighted by Gasteiger charge is -2.34. The van der Waals surface area contributed by atoms with Crippen molar-refractivity contribution in [2.45, 2.75) is 38.8 Å². The van der Waals surface area contributed by atoms with E-state index in [1.54, 1.807) is 0 Å². The largest absolute Gasteiger partial charge is 0.329 e. The highest BCUT2D eigenvalue weighted by molar-refractivity contribution is 5.85. The van der Waals surface area contributed by atoms with Crippen molar-refractivity contribution in [2.24, 2.45) is 5.73 Å². The average molecular weight is 271 g/mol. The topological polar surface area (TPSA) is 42.1 Å². The molecule has 1 atom stereocenters. The molecule has 2 N–H and O–H groups in total. The van der Waals surface area contributed by atoms with Crippen LogP contribution in [-0.4, -0.2) is 29.5 Å². The van der Waals surface area contributed by atoms with Crippen LogP contribution in [0.5, 0.6) is 0 Å². The molecule has 2 aromatic rings. The van der Waals surface area contributed by atoms with E-state index in [1.807, 2.05) is 12.4 Å². The summed E-state index contributed by atoms with van der Waals surface area (Å²) in [5, 5.41) is 2.44. The molecule has 0 aliphatic heterocycles. The molecule has 0 aliphatic carbocycles. The van der Waals surface area contributed by atoms with Crippen molar-refractivity contribution in [3.05, 3.63) is 42.2 Å². The molecule has 3 nitrogen and oxygen atoms in total. The Morgan fingerprint density at radius 3 is 2.50 bits per heavy atom. The van der Waals surface area contributed by atoms with Crippen LogP contribution in [0.1, 0.15) is 38.3 Å². The summed E-state index contributed by atoms with van der Waals surface area (Å²) in [7, 11) is 2.18. The number of hydrogen-bond acceptors (Lipinski definition) is 3. The van der Waals surface area contributed by atoms with Crippen molar-refractivity contribution < 1.29 is 0 Å². The molecule has 0 radical (unpaired) electrons. The second-order valence-corrected chi connectivity index (χ2v) is 5.34. The number of nitrogens with two attached hydrogens (primary N) is 1. The van der Waals surface area contributed by atoms with Gasteiger partial charge in [0.1, 0.15) is 0 Å². The highest BCUT2D eigenvalue weighted by Crippen LogP contribution is 2.28. The van der Waals surface area contributed by atoms with E-state index in [1.165, 1.54) is 16.3 Å². The molecule has 20 heavy (non-hydrogen) atoms. The van der Waals surface area contributed by atoms with Gasteiger partial charge in [-0.3, -0.25) is 9.88 Å². The first-order valence-corrected chi connectivity index (χ1v) is 7.47. The Morgan fingerprint density at radius 1 is 1.15 bits per heavy atom. The van der Waals surface area contributed by atoms with E-state index in [4.69, 9.17) is 5.73 Å². The van der Waals surface area contributed by atoms with E-state index in [0.717, 1.165) is 12.8 Å². The molecule has 0 aliphatic rings. The summed E-state index contributed by atoms with van der Waals surface area (Å²) in [4.78, 5) is 6.80. The van der Waals surface area contributed by atoms with E-state index in [2.05, 4.69) is 55.0 Å². The summed E-state index contributed by atoms with van der Waals surface area (Å²) in [5.74, 6) is 0. The smallest absolute Gasteiger partial charge is 0.0491 e. The molecule has 0 fully saturated rings. The van der Waals surface area contributed by atoms with Crippen molar-refractivity contribution in [1.29, 1.82) is 0 Å². The lowest BCUT2D eigenvalue weighted by molar-refractivity contribution is 0.168. The summed E-state index contributed by atoms with van der Waals surface area (Å²) < 4.78 is 0. The number of benzene rings is 1. The second-order valence-electron chi connectivity index (χ2n) is 5.34. The predicted octanol–water partition coefficient (Wildman–Crippen LogP) is 3.36. The standard InChI is InChI=1S/C17H25N3/c1-4-14(5-2)20(3)17(10-18)16-12-19-11-13-8-6-7-9-15(13)16/h6-9,11-12,14,17H,4-5,10,18H2,1-3H3. The van der Waals surface area contributed by atoms with Gasteiger partial charge in [-0.15, -0.1) is 0 Å². The van der Waals surface area contributed by atoms with Crippen LogP contribution in [0.4, 0.5) is 0 Å². The zero-order chi connectivity index (χ0) is 14.5. The maximum absolute atomic E-state index is 6.07. The van der Waals surface area contributed by atoms with Crippen LogP contribution >= 0.6 is 0 Å². The molecule has 108 valence electrons. The first kappa shape index (κ1) is 14.9. The number of nitrogens with zero attached hydrogens (tertiary/aromatic N) is 2. The lowest BCUT2D eigenvalue weighted by atomic mass is 9.98. The van der Waals surface area contributed by atoms with Crippen molar-refractivity contribution in [2.75, 3.05) is 13.6 Å². The highest BCUT2D eigenvalue weighted by Gasteiger charge is 2.22. The van der Waals surface area contributed by atoms with Gasteiger partial charge in [-0.05, 0) is 30.8 Å². The Morgan fingerprint density at radius 2 is 1.85 bits per heavy atom. The first-order valence-electron chi connectivity index (χ1n) is 7.47. The summed E-state index contributed by atoms with van der Waals surface area (Å²) in [6.45, 7) is 5.09. The number of rotatable bonds is 6. The van der Waals surface area contributed by atoms with Gasteiger partial charge in [0, 0.05) is 36.4 Å². The minimum atomic E-state index is 0.221. The minimum absolute atomic E-state index is 0.221. The second kappa shape index (κ2) is 6.82. The molecular weight excluding hydrogens is 246 g/mol. The monoisotopic (exact) mass is 271 g/mol. The van der Waals surface area contributed by atoms with Gasteiger partial charge < -0.3 is 5.73 Å². The molecule has 1 unspecified atom stereocenters. The molecule has 1 aromatic carbocycles. The molecular formula is C17H25N3. The van der Waals surface area contributed by atoms with Crippen LogP contribution in [0.3, 0.4) is 0 Å². The van der Waals surface area contributed by atoms with Crippen LogP contribution in [0.25, 0.3) is 10.8 Å². The third kappa shape index (κ3) is 2.84. The fourth-order valence-electron chi connectivity index (χ4n) is 3.04. The fraction of sp³-hybridized carbons (Fsp3) is 0.471. The SMILES string of the molecule is CCC(CC)N(C)C(CN)c1cncc2ccccc12. The molecule has 0 saturated heterocycles. The van der Waals surface area contributed by atoms with Crippen LogP contribution in [0.15, 0.2) is 36.7 Å². The summed E-state index contributed by atoms with van der Waals surface area (Å²) in [6, 6.07) is 9.18. The van der Waals surface area contributed by atoms with E-state index in [-0.39, 0.29) is 6.04 Å². The third-order valence-electron chi connectivity index (χ3n) is 4.29. The number of pyridine rings is 1. The van der Waals surface area contributed by atoms with Crippen LogP contribution in [0.2, 0.25) is 0 Å². The molecule has 0 spiro atoms. The minimum Gasteiger partial charge on any atom is -0.329 e. The number of hydrogen-bond donors (Lipinski definition) is 1. The van der Waals surface area contributed by atoms with Crippen molar-refractivity contribution in [1.82, 2.24) is 9.88 Å². The summed E-state index contributed by atoms with van der Waals surface area (Å²) in [6.07, 6.45) is 6.17. The molecule has 0 amide bonds. The van der Waals surface area contributed by atoms with Gasteiger partial charge in [-0.1, -0.05) is 38.1 Å². The van der Waals surface area contributed by atoms with Gasteiger partial charge >= 0.3 is 0 Å². The zero-order valence-corrected chi connectivity index (χ0v) is 12.7. The number of likely N-dealkylation sites (N-methyl/N-ethyl adjacent to an activating group) is 1. The van der Waals surface area contributed by atoms with E-state index >= 15 is 0 Å². The molecule has 3 heteroatoms. The molecule has 1 aromatic heterocycles. The van der Waals surface area contributed by atoms with E-state index < -0.39 is 0 Å². The van der Waals surface area contributed by atoms with E-state index in [0.29, 0.717) is 12.6 Å². The molecule has 0 bridgehead atoms. The maximum Gasteiger partial charge on any atom is 0.0491 e. The Bertz CT molecular complexity index is 543. The number of fused-ring (bicyclic) bond motifs is 1. The normalized spacial score (nSPS) is 13.3. The predicted molar refractivity (Wildman–Crippen MR) is 85.7 cm³/mol. The van der Waals surface area contributed by atoms with Crippen LogP contribution < -0.4 is 5.73 Å². The summed E-state index contributed by atoms with van der Waals surface area (Å²) in [5.41, 5.74) is 7.31. The van der Waals surface area contributed by atoms with Crippen molar-refractivity contribution in [3.8, 4) is 0 Å². The van der Waals surface area contributed by atoms with Crippen molar-refractivity contribution in [3.63, 3.8) is 0 Å². The summed E-state index contributed by atoms with van der Waals surface area (Å²) >= 11 is 0. The number of aromatic nitrogens is 1. The molecule has 1 heterocycles. The molecule has 0 saturated carbocycles. The first-order chi connectivity index (χ1) is 9.72. The molecule has 2 rings (SSSR count). The maximum atomic E-state index is 6.07. The van der Waals surface area contributed by atoms with Crippen LogP contribution in [-0.2, 0) is 0 Å². The van der Waals surface area contributed by atoms with Gasteiger partial charge in [0.2, 0.25) is 0 Å². The van der Waals surface area contributed by atoms with Gasteiger partial charge in [0.25, 0.3) is 0 Å². The van der Waals surface area contributed by atoms with Gasteiger partial charge in [-0.2, -0.15) is 0 Å². The van der Waals surface area contributed by atoms with Gasteiger partial charge in [0.15, 0.2) is 0 Å². The van der Waals surface area contributed by atoms with Gasteiger partial charge in [-0.25, -0.2) is 0 Å². The fourth-order valence-corrected chi connectivity index (χ4v) is 3.04. The Hall–Kier alpha value is -1.45. The third-order valence-corrected chi connectivity index (χ3v) is 4.29. The quantitative estimate of drug-likeness (QED) is 0.876. The average Bonchev–Trinajstić information content (AvgIpc) is 2.49.